The van der Waals surface area contributed by atoms with Crippen molar-refractivity contribution in [2.45, 2.75) is 33.2 Å². The van der Waals surface area contributed by atoms with Gasteiger partial charge in [-0.1, -0.05) is 0 Å². The minimum atomic E-state index is -0.759. The maximum Gasteiger partial charge on any atom is 0.310 e. The van der Waals surface area contributed by atoms with Gasteiger partial charge in [-0.3, -0.25) is 4.79 Å². The van der Waals surface area contributed by atoms with Gasteiger partial charge in [0.1, 0.15) is 0 Å². The fourth-order valence-electron chi connectivity index (χ4n) is 1.61. The minimum absolute atomic E-state index is 0.325. The summed E-state index contributed by atoms with van der Waals surface area (Å²) >= 11 is 0. The molecule has 88 valence electrons. The first-order chi connectivity index (χ1) is 6.93. The molecule has 0 bridgehead atoms. The second-order valence-corrected chi connectivity index (χ2v) is 4.98. The molecule has 1 rings (SSSR count). The van der Waals surface area contributed by atoms with Gasteiger partial charge in [0.25, 0.3) is 0 Å². The van der Waals surface area contributed by atoms with Gasteiger partial charge in [0.05, 0.1) is 12.0 Å². The summed E-state index contributed by atoms with van der Waals surface area (Å²) < 4.78 is 5.30. The molecule has 0 aromatic heterocycles. The van der Waals surface area contributed by atoms with Crippen molar-refractivity contribution in [2.75, 3.05) is 19.8 Å². The Kier molecular flexibility index (Phi) is 4.11. The average molecular weight is 215 g/mol. The van der Waals surface area contributed by atoms with E-state index in [1.807, 2.05) is 0 Å². The molecule has 15 heavy (non-hydrogen) atoms. The van der Waals surface area contributed by atoms with Crippen molar-refractivity contribution in [3.63, 3.8) is 0 Å². The Morgan fingerprint density at radius 3 is 2.80 bits per heavy atom. The summed E-state index contributed by atoms with van der Waals surface area (Å²) in [7, 11) is 0. The molecule has 1 heterocycles. The standard InChI is InChI=1S/C11H21NO3/c1-8(9-4-5-15-6-9)12-7-11(2,3)10(13)14/h8-9,12H,4-7H2,1-3H3,(H,13,14). The molecule has 0 amide bonds. The van der Waals surface area contributed by atoms with Gasteiger partial charge in [0, 0.05) is 19.2 Å². The van der Waals surface area contributed by atoms with Crippen molar-refractivity contribution in [2.24, 2.45) is 11.3 Å². The minimum Gasteiger partial charge on any atom is -0.481 e. The van der Waals surface area contributed by atoms with Gasteiger partial charge in [0.15, 0.2) is 0 Å². The van der Waals surface area contributed by atoms with E-state index < -0.39 is 11.4 Å². The van der Waals surface area contributed by atoms with E-state index in [4.69, 9.17) is 9.84 Å². The largest absolute Gasteiger partial charge is 0.481 e. The zero-order chi connectivity index (χ0) is 11.5. The van der Waals surface area contributed by atoms with Crippen LogP contribution in [0.15, 0.2) is 0 Å². The van der Waals surface area contributed by atoms with Gasteiger partial charge < -0.3 is 15.2 Å². The predicted molar refractivity (Wildman–Crippen MR) is 57.8 cm³/mol. The Morgan fingerprint density at radius 2 is 2.33 bits per heavy atom. The highest BCUT2D eigenvalue weighted by Gasteiger charge is 2.29. The third-order valence-electron chi connectivity index (χ3n) is 3.12. The van der Waals surface area contributed by atoms with Crippen LogP contribution in [0.4, 0.5) is 0 Å². The molecule has 4 heteroatoms. The molecule has 1 saturated heterocycles. The first kappa shape index (κ1) is 12.5. The number of carboxylic acids is 1. The fourth-order valence-corrected chi connectivity index (χ4v) is 1.61. The quantitative estimate of drug-likeness (QED) is 0.721. The number of rotatable bonds is 5. The lowest BCUT2D eigenvalue weighted by Crippen LogP contribution is -2.42. The molecule has 0 radical (unpaired) electrons. The SMILES string of the molecule is CC(NCC(C)(C)C(=O)O)C1CCOC1. The van der Waals surface area contributed by atoms with Crippen LogP contribution in [0.25, 0.3) is 0 Å². The number of aliphatic carboxylic acids is 1. The Hall–Kier alpha value is -0.610. The molecule has 2 N–H and O–H groups in total. The van der Waals surface area contributed by atoms with Crippen LogP contribution < -0.4 is 5.32 Å². The third kappa shape index (κ3) is 3.47. The smallest absolute Gasteiger partial charge is 0.310 e. The van der Waals surface area contributed by atoms with E-state index in [0.29, 0.717) is 18.5 Å². The van der Waals surface area contributed by atoms with Crippen molar-refractivity contribution in [3.05, 3.63) is 0 Å². The summed E-state index contributed by atoms with van der Waals surface area (Å²) in [5, 5.41) is 12.2. The summed E-state index contributed by atoms with van der Waals surface area (Å²) in [6, 6.07) is 0.325. The topological polar surface area (TPSA) is 58.6 Å². The molecule has 1 fully saturated rings. The Labute approximate surface area is 91.0 Å². The lowest BCUT2D eigenvalue weighted by atomic mass is 9.92. The van der Waals surface area contributed by atoms with Crippen molar-refractivity contribution >= 4 is 5.97 Å². The molecular formula is C11H21NO3. The predicted octanol–water partition coefficient (Wildman–Crippen LogP) is 1.11. The van der Waals surface area contributed by atoms with Crippen LogP contribution in [0.1, 0.15) is 27.2 Å². The molecule has 2 atom stereocenters. The maximum atomic E-state index is 10.9. The first-order valence-electron chi connectivity index (χ1n) is 5.48. The van der Waals surface area contributed by atoms with Crippen molar-refractivity contribution in [1.29, 1.82) is 0 Å². The number of ether oxygens (including phenoxy) is 1. The fraction of sp³-hybridized carbons (Fsp3) is 0.909. The summed E-state index contributed by atoms with van der Waals surface area (Å²) in [6.45, 7) is 7.69. The number of hydrogen-bond acceptors (Lipinski definition) is 3. The van der Waals surface area contributed by atoms with Gasteiger partial charge in [-0.2, -0.15) is 0 Å². The van der Waals surface area contributed by atoms with E-state index in [0.717, 1.165) is 19.6 Å². The van der Waals surface area contributed by atoms with E-state index >= 15 is 0 Å². The highest BCUT2D eigenvalue weighted by atomic mass is 16.5. The molecule has 0 aromatic rings. The van der Waals surface area contributed by atoms with Crippen molar-refractivity contribution < 1.29 is 14.6 Å². The van der Waals surface area contributed by atoms with Crippen LogP contribution >= 0.6 is 0 Å². The lowest BCUT2D eigenvalue weighted by molar-refractivity contribution is -0.146. The van der Waals surface area contributed by atoms with Crippen LogP contribution in [0, 0.1) is 11.3 Å². The van der Waals surface area contributed by atoms with Gasteiger partial charge in [-0.05, 0) is 33.1 Å². The molecule has 0 aliphatic carbocycles. The van der Waals surface area contributed by atoms with Crippen molar-refractivity contribution in [1.82, 2.24) is 5.32 Å². The molecular weight excluding hydrogens is 194 g/mol. The maximum absolute atomic E-state index is 10.9. The molecule has 1 aliphatic heterocycles. The van der Waals surface area contributed by atoms with Crippen LogP contribution in [-0.2, 0) is 9.53 Å². The monoisotopic (exact) mass is 215 g/mol. The van der Waals surface area contributed by atoms with E-state index in [2.05, 4.69) is 12.2 Å². The second kappa shape index (κ2) is 4.94. The number of carboxylic acid groups (broad SMARTS) is 1. The van der Waals surface area contributed by atoms with Crippen LogP contribution in [-0.4, -0.2) is 36.9 Å². The second-order valence-electron chi connectivity index (χ2n) is 4.98. The number of nitrogens with one attached hydrogen (secondary N) is 1. The zero-order valence-corrected chi connectivity index (χ0v) is 9.75. The molecule has 1 aliphatic rings. The number of carbonyl (C=O) groups is 1. The van der Waals surface area contributed by atoms with E-state index in [-0.39, 0.29) is 0 Å². The molecule has 0 saturated carbocycles. The van der Waals surface area contributed by atoms with E-state index in [9.17, 15) is 4.79 Å². The van der Waals surface area contributed by atoms with Crippen LogP contribution in [0.5, 0.6) is 0 Å². The Morgan fingerprint density at radius 1 is 1.67 bits per heavy atom. The molecule has 0 spiro atoms. The van der Waals surface area contributed by atoms with E-state index in [1.54, 1.807) is 13.8 Å². The van der Waals surface area contributed by atoms with Crippen LogP contribution in [0.2, 0.25) is 0 Å². The lowest BCUT2D eigenvalue weighted by Gasteiger charge is -2.25. The highest BCUT2D eigenvalue weighted by molar-refractivity contribution is 5.73. The normalized spacial score (nSPS) is 24.1. The Bertz CT molecular complexity index is 222. The van der Waals surface area contributed by atoms with Crippen LogP contribution in [0.3, 0.4) is 0 Å². The summed E-state index contributed by atoms with van der Waals surface area (Å²) in [6.07, 6.45) is 1.07. The van der Waals surface area contributed by atoms with Gasteiger partial charge in [0.2, 0.25) is 0 Å². The van der Waals surface area contributed by atoms with Crippen molar-refractivity contribution in [3.8, 4) is 0 Å². The average Bonchev–Trinajstić information content (AvgIpc) is 2.66. The number of hydrogen-bond donors (Lipinski definition) is 2. The Balaban J connectivity index is 2.32. The molecule has 0 aromatic carbocycles. The highest BCUT2D eigenvalue weighted by Crippen LogP contribution is 2.18. The summed E-state index contributed by atoms with van der Waals surface area (Å²) in [4.78, 5) is 10.9. The first-order valence-corrected chi connectivity index (χ1v) is 5.48. The van der Waals surface area contributed by atoms with Gasteiger partial charge >= 0.3 is 5.97 Å². The third-order valence-corrected chi connectivity index (χ3v) is 3.12. The molecule has 2 unspecified atom stereocenters. The van der Waals surface area contributed by atoms with E-state index in [1.165, 1.54) is 0 Å². The molecule has 4 nitrogen and oxygen atoms in total. The summed E-state index contributed by atoms with van der Waals surface area (Å²) in [5.74, 6) is -0.237. The van der Waals surface area contributed by atoms with Gasteiger partial charge in [-0.15, -0.1) is 0 Å². The zero-order valence-electron chi connectivity index (χ0n) is 9.75. The van der Waals surface area contributed by atoms with Gasteiger partial charge in [-0.25, -0.2) is 0 Å². The summed E-state index contributed by atoms with van der Waals surface area (Å²) in [5.41, 5.74) is -0.701.